The van der Waals surface area contributed by atoms with Gasteiger partial charge in [0, 0.05) is 12.8 Å². The van der Waals surface area contributed by atoms with Gasteiger partial charge in [0.05, 0.1) is 34.4 Å². The average Bonchev–Trinajstić information content (AvgIpc) is 3.75. The Hall–Kier alpha value is -4.05. The number of esters is 2. The molecule has 0 radical (unpaired) electrons. The number of ether oxygens (including phenoxy) is 4. The molecule has 2 atom stereocenters. The third-order valence-corrected chi connectivity index (χ3v) is 17.5. The Morgan fingerprint density at radius 1 is 0.326 bits per heavy atom. The van der Waals surface area contributed by atoms with Crippen molar-refractivity contribution in [2.45, 2.75) is 373 Å². The van der Waals surface area contributed by atoms with Crippen LogP contribution in [-0.2, 0) is 33.3 Å². The molecule has 0 aromatic carbocycles. The van der Waals surface area contributed by atoms with Crippen LogP contribution in [0.15, 0.2) is 109 Å². The molecular formula is C86H152NO8+. The molecule has 548 valence electrons. The summed E-state index contributed by atoms with van der Waals surface area (Å²) in [5, 5.41) is 9.78. The maximum Gasteiger partial charge on any atom is 0.361 e. The van der Waals surface area contributed by atoms with Crippen molar-refractivity contribution in [1.82, 2.24) is 0 Å². The fraction of sp³-hybridized carbons (Fsp3) is 0.756. The topological polar surface area (TPSA) is 108 Å². The minimum atomic E-state index is -1.51. The molecule has 0 saturated carbocycles. The van der Waals surface area contributed by atoms with Crippen LogP contribution in [0.4, 0.5) is 0 Å². The number of allylic oxidation sites excluding steroid dienone is 18. The van der Waals surface area contributed by atoms with Gasteiger partial charge in [-0.3, -0.25) is 9.59 Å². The highest BCUT2D eigenvalue weighted by molar-refractivity contribution is 5.71. The zero-order valence-electron chi connectivity index (χ0n) is 62.8. The molecule has 0 aliphatic rings. The Morgan fingerprint density at radius 2 is 0.600 bits per heavy atom. The molecule has 0 spiro atoms. The van der Waals surface area contributed by atoms with Crippen LogP contribution in [-0.4, -0.2) is 87.4 Å². The second-order valence-corrected chi connectivity index (χ2v) is 28.0. The van der Waals surface area contributed by atoms with E-state index in [0.717, 1.165) is 89.9 Å². The Labute approximate surface area is 587 Å². The van der Waals surface area contributed by atoms with E-state index in [1.807, 2.05) is 21.1 Å². The first kappa shape index (κ1) is 91.0. The molecular weight excluding hydrogens is 1170 g/mol. The molecule has 2 unspecified atom stereocenters. The summed E-state index contributed by atoms with van der Waals surface area (Å²) < 4.78 is 23.1. The normalized spacial score (nSPS) is 13.2. The van der Waals surface area contributed by atoms with Crippen molar-refractivity contribution in [1.29, 1.82) is 0 Å². The molecule has 0 fully saturated rings. The second kappa shape index (κ2) is 75.7. The van der Waals surface area contributed by atoms with Crippen LogP contribution in [0.3, 0.4) is 0 Å². The molecule has 9 heteroatoms. The van der Waals surface area contributed by atoms with E-state index in [2.05, 4.69) is 123 Å². The number of nitrogens with zero attached hydrogens (tertiary/aromatic N) is 1. The molecule has 95 heavy (non-hydrogen) atoms. The molecule has 9 nitrogen and oxygen atoms in total. The molecule has 0 aliphatic carbocycles. The monoisotopic (exact) mass is 1330 g/mol. The first-order valence-corrected chi connectivity index (χ1v) is 40.1. The van der Waals surface area contributed by atoms with Crippen molar-refractivity contribution in [3.05, 3.63) is 109 Å². The summed E-state index contributed by atoms with van der Waals surface area (Å²) in [6, 6.07) is 0. The smallest absolute Gasteiger partial charge is 0.361 e. The highest BCUT2D eigenvalue weighted by atomic mass is 16.7. The van der Waals surface area contributed by atoms with Crippen molar-refractivity contribution in [3.8, 4) is 0 Å². The highest BCUT2D eigenvalue weighted by Gasteiger charge is 2.25. The molecule has 0 amide bonds. The summed E-state index contributed by atoms with van der Waals surface area (Å²) >= 11 is 0. The number of likely N-dealkylation sites (N-methyl/N-ethyl adjacent to an activating group) is 1. The van der Waals surface area contributed by atoms with E-state index in [4.69, 9.17) is 18.9 Å². The summed E-state index contributed by atoms with van der Waals surface area (Å²) in [6.45, 7) is 4.80. The predicted octanol–water partition coefficient (Wildman–Crippen LogP) is 25.7. The van der Waals surface area contributed by atoms with Crippen LogP contribution in [0.1, 0.15) is 361 Å². The largest absolute Gasteiger partial charge is 0.477 e. The van der Waals surface area contributed by atoms with E-state index in [1.54, 1.807) is 0 Å². The lowest BCUT2D eigenvalue weighted by molar-refractivity contribution is -0.870. The molecule has 0 aromatic heterocycles. The zero-order valence-corrected chi connectivity index (χ0v) is 62.8. The third kappa shape index (κ3) is 77.2. The van der Waals surface area contributed by atoms with E-state index >= 15 is 0 Å². The van der Waals surface area contributed by atoms with Crippen molar-refractivity contribution >= 4 is 17.9 Å². The SMILES string of the molecule is CC/C=C\C/C=C\C/C=C\C/C=C\C/C=C\C/C=C\C/C=C\CCCCCCCCCCCCCCCCCC(=O)OC(COC(=O)CCCCCCCCCCCCCCCCCCCCCCC/C=C\C/C=C\CCCCCCC)COC(OCC[N+](C)(C)C)C(=O)O. The number of quaternary nitrogens is 1. The number of hydrogen-bond donors (Lipinski definition) is 1. The first-order valence-electron chi connectivity index (χ1n) is 40.1. The van der Waals surface area contributed by atoms with Crippen molar-refractivity contribution in [3.63, 3.8) is 0 Å². The van der Waals surface area contributed by atoms with Gasteiger partial charge in [0.15, 0.2) is 6.10 Å². The fourth-order valence-electron chi connectivity index (χ4n) is 11.4. The Kier molecular flexibility index (Phi) is 72.5. The third-order valence-electron chi connectivity index (χ3n) is 17.5. The van der Waals surface area contributed by atoms with Gasteiger partial charge in [-0.2, -0.15) is 0 Å². The number of carboxylic acids is 1. The molecule has 0 aliphatic heterocycles. The number of aliphatic carboxylic acids is 1. The minimum Gasteiger partial charge on any atom is -0.477 e. The van der Waals surface area contributed by atoms with Gasteiger partial charge in [-0.25, -0.2) is 4.79 Å². The Morgan fingerprint density at radius 3 is 0.895 bits per heavy atom. The zero-order chi connectivity index (χ0) is 69.0. The number of carboxylic acid groups (broad SMARTS) is 1. The van der Waals surface area contributed by atoms with E-state index in [0.29, 0.717) is 17.4 Å². The van der Waals surface area contributed by atoms with Crippen LogP contribution in [0.5, 0.6) is 0 Å². The van der Waals surface area contributed by atoms with Gasteiger partial charge in [0.2, 0.25) is 0 Å². The molecule has 0 heterocycles. The fourth-order valence-corrected chi connectivity index (χ4v) is 11.4. The van der Waals surface area contributed by atoms with E-state index in [1.165, 1.54) is 244 Å². The summed E-state index contributed by atoms with van der Waals surface area (Å²) in [7, 11) is 5.99. The van der Waals surface area contributed by atoms with Crippen LogP contribution >= 0.6 is 0 Å². The second-order valence-electron chi connectivity index (χ2n) is 28.0. The maximum absolute atomic E-state index is 13.0. The van der Waals surface area contributed by atoms with Crippen LogP contribution in [0.2, 0.25) is 0 Å². The first-order chi connectivity index (χ1) is 46.6. The average molecular weight is 1330 g/mol. The van der Waals surface area contributed by atoms with Crippen molar-refractivity contribution < 1.29 is 42.9 Å². The molecule has 1 N–H and O–H groups in total. The number of rotatable bonds is 74. The maximum atomic E-state index is 13.0. The standard InChI is InChI=1S/C86H151NO8/c1-6-8-10-12-14-16-18-20-22-24-26-28-30-32-34-36-38-40-41-42-43-45-47-49-51-53-55-57-59-61-63-65-67-69-71-73-75-77-84(89)95-82(81-94-86(85(90)91)92-79-78-87(3,4)5)80-93-83(88)76-74-72-70-68-66-64-62-60-58-56-54-52-50-48-46-44-39-37-35-33-31-29-27-25-23-21-19-17-15-13-11-9-7-2/h8,10,14,16,19-22,25-28,32,34,38,40,42-43,82,86H,6-7,9,11-13,15,17-18,23-24,29-31,33,35-37,39,41,44-81H2,1-5H3/p+1/b10-8-,16-14-,21-19-,22-20-,27-25-,28-26-,34-32-,40-38-,43-42-. The minimum absolute atomic E-state index is 0.182. The van der Waals surface area contributed by atoms with E-state index < -0.39 is 24.3 Å². The molecule has 0 bridgehead atoms. The number of carbonyl (C=O) groups is 3. The summed E-state index contributed by atoms with van der Waals surface area (Å²) in [6.07, 6.45) is 104. The summed E-state index contributed by atoms with van der Waals surface area (Å²) in [4.78, 5) is 37.7. The van der Waals surface area contributed by atoms with Crippen molar-refractivity contribution in [2.75, 3.05) is 47.5 Å². The summed E-state index contributed by atoms with van der Waals surface area (Å²) in [5.74, 6) is -1.99. The molecule has 0 saturated heterocycles. The van der Waals surface area contributed by atoms with Gasteiger partial charge in [0.25, 0.3) is 6.29 Å². The van der Waals surface area contributed by atoms with E-state index in [-0.39, 0.29) is 32.2 Å². The van der Waals surface area contributed by atoms with Gasteiger partial charge in [-0.1, -0.05) is 354 Å². The van der Waals surface area contributed by atoms with Crippen LogP contribution in [0, 0.1) is 0 Å². The van der Waals surface area contributed by atoms with Gasteiger partial charge in [0.1, 0.15) is 13.2 Å². The lowest BCUT2D eigenvalue weighted by Gasteiger charge is -2.25. The molecule has 0 aromatic rings. The quantitative estimate of drug-likeness (QED) is 0.0211. The van der Waals surface area contributed by atoms with Gasteiger partial charge in [-0.05, 0) is 103 Å². The number of carbonyl (C=O) groups excluding carboxylic acids is 2. The lowest BCUT2D eigenvalue weighted by Crippen LogP contribution is -2.40. The molecule has 0 rings (SSSR count). The van der Waals surface area contributed by atoms with Crippen LogP contribution in [0.25, 0.3) is 0 Å². The van der Waals surface area contributed by atoms with Gasteiger partial charge < -0.3 is 28.5 Å². The van der Waals surface area contributed by atoms with E-state index in [9.17, 15) is 19.5 Å². The van der Waals surface area contributed by atoms with Gasteiger partial charge >= 0.3 is 17.9 Å². The number of hydrogen-bond acceptors (Lipinski definition) is 7. The highest BCUT2D eigenvalue weighted by Crippen LogP contribution is 2.19. The predicted molar refractivity (Wildman–Crippen MR) is 410 cm³/mol. The Balaban J connectivity index is 4.03. The number of unbranched alkanes of at least 4 members (excludes halogenated alkanes) is 41. The lowest BCUT2D eigenvalue weighted by atomic mass is 10.0. The summed E-state index contributed by atoms with van der Waals surface area (Å²) in [5.41, 5.74) is 0. The van der Waals surface area contributed by atoms with Crippen molar-refractivity contribution in [2.24, 2.45) is 0 Å². The van der Waals surface area contributed by atoms with Crippen LogP contribution < -0.4 is 0 Å². The van der Waals surface area contributed by atoms with Gasteiger partial charge in [-0.15, -0.1) is 0 Å². The Bertz CT molecular complexity index is 1930.